The van der Waals surface area contributed by atoms with Gasteiger partial charge in [0.25, 0.3) is 0 Å². The van der Waals surface area contributed by atoms with Gasteiger partial charge in [-0.05, 0) is 62.4 Å². The maximum Gasteiger partial charge on any atom is 0.0343 e. The molecule has 3 heteroatoms. The molecule has 0 aliphatic heterocycles. The highest BCUT2D eigenvalue weighted by molar-refractivity contribution is 8.00. The number of anilines is 1. The van der Waals surface area contributed by atoms with Crippen LogP contribution in [-0.2, 0) is 0 Å². The van der Waals surface area contributed by atoms with Crippen molar-refractivity contribution < 1.29 is 0 Å². The molecule has 2 fully saturated rings. The molecular formula is C18H28N2S. The van der Waals surface area contributed by atoms with E-state index in [1.54, 1.807) is 0 Å². The average Bonchev–Trinajstić information content (AvgIpc) is 3.03. The summed E-state index contributed by atoms with van der Waals surface area (Å²) in [6, 6.07) is 9.63. The first-order valence-electron chi connectivity index (χ1n) is 8.58. The molecule has 0 amide bonds. The fourth-order valence-electron chi connectivity index (χ4n) is 3.72. The van der Waals surface area contributed by atoms with E-state index in [-0.39, 0.29) is 0 Å². The van der Waals surface area contributed by atoms with E-state index in [0.29, 0.717) is 12.0 Å². The van der Waals surface area contributed by atoms with E-state index in [0.717, 1.165) is 11.8 Å². The predicted molar refractivity (Wildman–Crippen MR) is 93.0 cm³/mol. The summed E-state index contributed by atoms with van der Waals surface area (Å²) in [6.45, 7) is 0.813. The molecular weight excluding hydrogens is 276 g/mol. The van der Waals surface area contributed by atoms with E-state index in [1.165, 1.54) is 61.9 Å². The molecule has 3 rings (SSSR count). The molecule has 3 N–H and O–H groups in total. The first kappa shape index (κ1) is 15.2. The Balaban J connectivity index is 1.55. The quantitative estimate of drug-likeness (QED) is 0.831. The van der Waals surface area contributed by atoms with Crippen LogP contribution in [0.15, 0.2) is 29.2 Å². The third-order valence-electron chi connectivity index (χ3n) is 5.02. The van der Waals surface area contributed by atoms with Crippen LogP contribution in [0.4, 0.5) is 5.69 Å². The number of nitrogens with one attached hydrogen (secondary N) is 1. The number of benzene rings is 1. The Hall–Kier alpha value is -0.670. The number of rotatable bonds is 5. The molecule has 2 nitrogen and oxygen atoms in total. The lowest BCUT2D eigenvalue weighted by Crippen LogP contribution is -2.36. The Morgan fingerprint density at radius 2 is 1.62 bits per heavy atom. The first-order valence-corrected chi connectivity index (χ1v) is 9.46. The Kier molecular flexibility index (Phi) is 5.48. The van der Waals surface area contributed by atoms with Gasteiger partial charge in [0, 0.05) is 21.9 Å². The second kappa shape index (κ2) is 7.55. The summed E-state index contributed by atoms with van der Waals surface area (Å²) < 4.78 is 0. The molecule has 0 aromatic heterocycles. The lowest BCUT2D eigenvalue weighted by Gasteiger charge is -2.32. The van der Waals surface area contributed by atoms with Crippen molar-refractivity contribution in [1.82, 2.24) is 0 Å². The van der Waals surface area contributed by atoms with Gasteiger partial charge in [-0.15, -0.1) is 11.8 Å². The van der Waals surface area contributed by atoms with Gasteiger partial charge >= 0.3 is 0 Å². The molecule has 2 aliphatic rings. The van der Waals surface area contributed by atoms with E-state index in [1.807, 2.05) is 0 Å². The fourth-order valence-corrected chi connectivity index (χ4v) is 4.97. The van der Waals surface area contributed by atoms with Crippen LogP contribution in [0.25, 0.3) is 0 Å². The van der Waals surface area contributed by atoms with Crippen molar-refractivity contribution in [2.75, 3.05) is 11.9 Å². The van der Waals surface area contributed by atoms with Crippen LogP contribution >= 0.6 is 11.8 Å². The second-order valence-electron chi connectivity index (χ2n) is 6.58. The van der Waals surface area contributed by atoms with Gasteiger partial charge in [-0.25, -0.2) is 0 Å². The van der Waals surface area contributed by atoms with Gasteiger partial charge in [-0.3, -0.25) is 0 Å². The van der Waals surface area contributed by atoms with Crippen molar-refractivity contribution in [1.29, 1.82) is 0 Å². The van der Waals surface area contributed by atoms with E-state index >= 15 is 0 Å². The molecule has 2 aliphatic carbocycles. The normalized spacial score (nSPS) is 26.9. The minimum Gasteiger partial charge on any atom is -0.382 e. The summed E-state index contributed by atoms with van der Waals surface area (Å²) in [5.41, 5.74) is 7.18. The minimum absolute atomic E-state index is 0.567. The smallest absolute Gasteiger partial charge is 0.0343 e. The van der Waals surface area contributed by atoms with Crippen molar-refractivity contribution >= 4 is 17.4 Å². The van der Waals surface area contributed by atoms with E-state index in [9.17, 15) is 0 Å². The van der Waals surface area contributed by atoms with Crippen molar-refractivity contribution in [3.8, 4) is 0 Å². The second-order valence-corrected chi connectivity index (χ2v) is 7.95. The highest BCUT2D eigenvalue weighted by Crippen LogP contribution is 2.35. The average molecular weight is 305 g/mol. The lowest BCUT2D eigenvalue weighted by atomic mass is 9.84. The summed E-state index contributed by atoms with van der Waals surface area (Å²) in [7, 11) is 0. The summed E-state index contributed by atoms with van der Waals surface area (Å²) in [4.78, 5) is 1.42. The summed E-state index contributed by atoms with van der Waals surface area (Å²) in [5.74, 6) is 0.645. The molecule has 2 saturated carbocycles. The van der Waals surface area contributed by atoms with Crippen molar-refractivity contribution in [2.45, 2.75) is 67.6 Å². The summed E-state index contributed by atoms with van der Waals surface area (Å²) in [5, 5.41) is 4.56. The fraction of sp³-hybridized carbons (Fsp3) is 0.667. The van der Waals surface area contributed by atoms with Crippen LogP contribution in [-0.4, -0.2) is 17.8 Å². The third-order valence-corrected chi connectivity index (χ3v) is 6.37. The van der Waals surface area contributed by atoms with E-state index in [4.69, 9.17) is 5.73 Å². The van der Waals surface area contributed by atoms with E-state index < -0.39 is 0 Å². The van der Waals surface area contributed by atoms with Crippen LogP contribution in [0.3, 0.4) is 0 Å². The van der Waals surface area contributed by atoms with Crippen LogP contribution in [0, 0.1) is 5.92 Å². The number of hydrogen-bond donors (Lipinski definition) is 2. The van der Waals surface area contributed by atoms with E-state index in [2.05, 4.69) is 41.3 Å². The van der Waals surface area contributed by atoms with Gasteiger partial charge in [-0.1, -0.05) is 25.7 Å². The van der Waals surface area contributed by atoms with Gasteiger partial charge in [0.05, 0.1) is 0 Å². The molecule has 2 unspecified atom stereocenters. The molecule has 0 saturated heterocycles. The zero-order valence-corrected chi connectivity index (χ0v) is 13.7. The maximum absolute atomic E-state index is 5.92. The molecule has 21 heavy (non-hydrogen) atoms. The largest absolute Gasteiger partial charge is 0.382 e. The summed E-state index contributed by atoms with van der Waals surface area (Å²) >= 11 is 2.06. The van der Waals surface area contributed by atoms with Gasteiger partial charge in [0.15, 0.2) is 0 Å². The topological polar surface area (TPSA) is 38.0 Å². The zero-order valence-electron chi connectivity index (χ0n) is 12.9. The first-order chi connectivity index (χ1) is 10.3. The Bertz CT molecular complexity index is 425. The van der Waals surface area contributed by atoms with Gasteiger partial charge < -0.3 is 11.1 Å². The van der Waals surface area contributed by atoms with Crippen LogP contribution in [0.5, 0.6) is 0 Å². The number of nitrogens with two attached hydrogens (primary N) is 1. The van der Waals surface area contributed by atoms with Crippen molar-refractivity contribution in [3.05, 3.63) is 24.3 Å². The Labute approximate surface area is 133 Å². The molecule has 0 radical (unpaired) electrons. The highest BCUT2D eigenvalue weighted by atomic mass is 32.2. The molecule has 1 aromatic carbocycles. The molecule has 0 bridgehead atoms. The molecule has 1 aromatic rings. The van der Waals surface area contributed by atoms with Crippen LogP contribution in [0.1, 0.15) is 51.4 Å². The minimum atomic E-state index is 0.567. The SMILES string of the molecule is NCC1CCCCC1Nc1ccc(SC2CCCC2)cc1. The summed E-state index contributed by atoms with van der Waals surface area (Å²) in [6.07, 6.45) is 10.8. The van der Waals surface area contributed by atoms with Crippen LogP contribution < -0.4 is 11.1 Å². The molecule has 116 valence electrons. The van der Waals surface area contributed by atoms with Crippen molar-refractivity contribution in [2.24, 2.45) is 11.7 Å². The Morgan fingerprint density at radius 3 is 2.33 bits per heavy atom. The lowest BCUT2D eigenvalue weighted by molar-refractivity contribution is 0.332. The van der Waals surface area contributed by atoms with Gasteiger partial charge in [0.1, 0.15) is 0 Å². The molecule has 0 heterocycles. The van der Waals surface area contributed by atoms with Crippen molar-refractivity contribution in [3.63, 3.8) is 0 Å². The standard InChI is InChI=1S/C18H28N2S/c19-13-14-5-1-4-8-18(14)20-15-9-11-17(12-10-15)21-16-6-2-3-7-16/h9-12,14,16,18,20H,1-8,13,19H2. The third kappa shape index (κ3) is 4.17. The number of hydrogen-bond acceptors (Lipinski definition) is 3. The predicted octanol–water partition coefficient (Wildman–Crippen LogP) is 4.65. The van der Waals surface area contributed by atoms with Gasteiger partial charge in [0.2, 0.25) is 0 Å². The molecule has 2 atom stereocenters. The molecule has 0 spiro atoms. The Morgan fingerprint density at radius 1 is 0.952 bits per heavy atom. The monoisotopic (exact) mass is 304 g/mol. The zero-order chi connectivity index (χ0) is 14.5. The highest BCUT2D eigenvalue weighted by Gasteiger charge is 2.23. The number of thioether (sulfide) groups is 1. The van der Waals surface area contributed by atoms with Crippen LogP contribution in [0.2, 0.25) is 0 Å². The van der Waals surface area contributed by atoms with Gasteiger partial charge in [-0.2, -0.15) is 0 Å². The maximum atomic E-state index is 5.92.